The molecule has 0 bridgehead atoms. The van der Waals surface area contributed by atoms with Crippen molar-refractivity contribution in [3.05, 3.63) is 182 Å². The number of rotatable bonds is 4. The van der Waals surface area contributed by atoms with Gasteiger partial charge in [0, 0.05) is 10.8 Å². The Balaban J connectivity index is 1.20. The number of furan rings is 1. The van der Waals surface area contributed by atoms with Crippen LogP contribution in [-0.4, -0.2) is 0 Å². The number of fused-ring (bicyclic) bond motifs is 6. The van der Waals surface area contributed by atoms with E-state index in [-0.39, 0.29) is 0 Å². The van der Waals surface area contributed by atoms with Gasteiger partial charge in [0.05, 0.1) is 0 Å². The van der Waals surface area contributed by atoms with E-state index in [9.17, 15) is 0 Å². The maximum absolute atomic E-state index is 6.26. The predicted octanol–water partition coefficient (Wildman–Crippen LogP) is 13.7. The Bertz CT molecular complexity index is 2820. The topological polar surface area (TPSA) is 13.1 Å². The molecule has 10 aromatic rings. The fourth-order valence-corrected chi connectivity index (χ4v) is 7.79. The van der Waals surface area contributed by atoms with E-state index >= 15 is 0 Å². The fraction of sp³-hybridized carbons (Fsp3) is 0. The van der Waals surface area contributed by atoms with Crippen molar-refractivity contribution in [1.29, 1.82) is 0 Å². The van der Waals surface area contributed by atoms with Gasteiger partial charge < -0.3 is 4.42 Å². The minimum Gasteiger partial charge on any atom is -0.456 e. The average molecular weight is 623 g/mol. The standard InChI is InChI=1S/C48H30O/c1-2-12-31(13-3-1)34-25-24-32-14-11-22-43(44(32)29-34)48-41-20-6-4-18-39(41)47(40-19-5-7-21-42(40)48)36-16-10-15-33(28-36)35-26-27-38-37-17-8-9-23-45(37)49-46(38)30-35/h1-30H. The summed E-state index contributed by atoms with van der Waals surface area (Å²) in [6.45, 7) is 0. The second kappa shape index (κ2) is 11.1. The third-order valence-electron chi connectivity index (χ3n) is 10.1. The highest BCUT2D eigenvalue weighted by atomic mass is 16.3. The Hall–Kier alpha value is -6.44. The van der Waals surface area contributed by atoms with E-state index in [2.05, 4.69) is 170 Å². The largest absolute Gasteiger partial charge is 0.456 e. The van der Waals surface area contributed by atoms with Crippen LogP contribution in [0.15, 0.2) is 186 Å². The number of benzene rings is 9. The van der Waals surface area contributed by atoms with Gasteiger partial charge in [0.2, 0.25) is 0 Å². The zero-order valence-electron chi connectivity index (χ0n) is 26.7. The lowest BCUT2D eigenvalue weighted by molar-refractivity contribution is 0.669. The summed E-state index contributed by atoms with van der Waals surface area (Å²) in [7, 11) is 0. The summed E-state index contributed by atoms with van der Waals surface area (Å²) in [6, 6.07) is 65.9. The van der Waals surface area contributed by atoms with Gasteiger partial charge in [-0.25, -0.2) is 0 Å². The predicted molar refractivity (Wildman–Crippen MR) is 208 cm³/mol. The molecule has 0 amide bonds. The van der Waals surface area contributed by atoms with Crippen LogP contribution < -0.4 is 0 Å². The van der Waals surface area contributed by atoms with Gasteiger partial charge in [-0.15, -0.1) is 0 Å². The van der Waals surface area contributed by atoms with Crippen LogP contribution >= 0.6 is 0 Å². The van der Waals surface area contributed by atoms with E-state index < -0.39 is 0 Å². The van der Waals surface area contributed by atoms with Gasteiger partial charge in [-0.1, -0.05) is 152 Å². The van der Waals surface area contributed by atoms with Gasteiger partial charge >= 0.3 is 0 Å². The molecule has 0 N–H and O–H groups in total. The first-order valence-corrected chi connectivity index (χ1v) is 16.8. The molecule has 0 spiro atoms. The Labute approximate surface area is 284 Å². The van der Waals surface area contributed by atoms with Gasteiger partial charge in [0.1, 0.15) is 11.2 Å². The molecule has 0 aliphatic heterocycles. The highest BCUT2D eigenvalue weighted by Crippen LogP contribution is 2.46. The fourth-order valence-electron chi connectivity index (χ4n) is 7.79. The van der Waals surface area contributed by atoms with Gasteiger partial charge in [-0.3, -0.25) is 0 Å². The molecule has 49 heavy (non-hydrogen) atoms. The second-order valence-corrected chi connectivity index (χ2v) is 12.8. The molecule has 10 rings (SSSR count). The molecule has 0 fully saturated rings. The Morgan fingerprint density at radius 1 is 0.265 bits per heavy atom. The zero-order chi connectivity index (χ0) is 32.3. The quantitative estimate of drug-likeness (QED) is 0.178. The van der Waals surface area contributed by atoms with Gasteiger partial charge in [-0.05, 0) is 107 Å². The summed E-state index contributed by atoms with van der Waals surface area (Å²) < 4.78 is 6.26. The number of hydrogen-bond acceptors (Lipinski definition) is 1. The van der Waals surface area contributed by atoms with Crippen molar-refractivity contribution < 1.29 is 4.42 Å². The van der Waals surface area contributed by atoms with E-state index in [1.807, 2.05) is 12.1 Å². The molecule has 1 aromatic heterocycles. The lowest BCUT2D eigenvalue weighted by Crippen LogP contribution is -1.92. The highest BCUT2D eigenvalue weighted by molar-refractivity contribution is 6.23. The van der Waals surface area contributed by atoms with Crippen LogP contribution in [0.5, 0.6) is 0 Å². The Kier molecular flexibility index (Phi) is 6.25. The monoisotopic (exact) mass is 622 g/mol. The van der Waals surface area contributed by atoms with Gasteiger partial charge in [-0.2, -0.15) is 0 Å². The Morgan fingerprint density at radius 2 is 0.816 bits per heavy atom. The van der Waals surface area contributed by atoms with E-state index in [1.165, 1.54) is 71.3 Å². The first-order valence-electron chi connectivity index (χ1n) is 16.8. The highest BCUT2D eigenvalue weighted by Gasteiger charge is 2.19. The molecular weight excluding hydrogens is 593 g/mol. The molecule has 0 radical (unpaired) electrons. The van der Waals surface area contributed by atoms with Crippen LogP contribution in [0.2, 0.25) is 0 Å². The van der Waals surface area contributed by atoms with Gasteiger partial charge in [0.25, 0.3) is 0 Å². The molecule has 0 unspecified atom stereocenters. The summed E-state index contributed by atoms with van der Waals surface area (Å²) in [4.78, 5) is 0. The zero-order valence-corrected chi connectivity index (χ0v) is 26.7. The summed E-state index contributed by atoms with van der Waals surface area (Å²) >= 11 is 0. The number of para-hydroxylation sites is 1. The van der Waals surface area contributed by atoms with Crippen LogP contribution in [0.3, 0.4) is 0 Å². The normalized spacial score (nSPS) is 11.7. The second-order valence-electron chi connectivity index (χ2n) is 12.8. The third kappa shape index (κ3) is 4.47. The van der Waals surface area contributed by atoms with Crippen molar-refractivity contribution in [3.8, 4) is 44.5 Å². The maximum Gasteiger partial charge on any atom is 0.136 e. The smallest absolute Gasteiger partial charge is 0.136 e. The molecule has 0 atom stereocenters. The number of hydrogen-bond donors (Lipinski definition) is 0. The van der Waals surface area contributed by atoms with E-state index in [1.54, 1.807) is 0 Å². The van der Waals surface area contributed by atoms with Crippen molar-refractivity contribution in [3.63, 3.8) is 0 Å². The van der Waals surface area contributed by atoms with Crippen LogP contribution in [0, 0.1) is 0 Å². The first-order chi connectivity index (χ1) is 24.3. The molecule has 0 saturated heterocycles. The SMILES string of the molecule is c1ccc(-c2ccc3cccc(-c4c5ccccc5c(-c5cccc(-c6ccc7c(c6)oc6ccccc67)c5)c5ccccc45)c3c2)cc1. The lowest BCUT2D eigenvalue weighted by Gasteiger charge is -2.19. The molecule has 0 aliphatic rings. The molecular formula is C48H30O. The molecule has 1 heteroatoms. The first kappa shape index (κ1) is 27.7. The molecule has 0 saturated carbocycles. The van der Waals surface area contributed by atoms with Crippen molar-refractivity contribution in [2.24, 2.45) is 0 Å². The van der Waals surface area contributed by atoms with E-state index in [0.29, 0.717) is 0 Å². The summed E-state index contributed by atoms with van der Waals surface area (Å²) in [5.41, 5.74) is 11.6. The van der Waals surface area contributed by atoms with Crippen LogP contribution in [0.1, 0.15) is 0 Å². The molecule has 228 valence electrons. The average Bonchev–Trinajstić information content (AvgIpc) is 3.55. The maximum atomic E-state index is 6.26. The molecule has 1 nitrogen and oxygen atoms in total. The Morgan fingerprint density at radius 3 is 1.59 bits per heavy atom. The van der Waals surface area contributed by atoms with Crippen LogP contribution in [0.4, 0.5) is 0 Å². The van der Waals surface area contributed by atoms with E-state index in [0.717, 1.165) is 27.5 Å². The summed E-state index contributed by atoms with van der Waals surface area (Å²) in [6.07, 6.45) is 0. The molecule has 9 aromatic carbocycles. The van der Waals surface area contributed by atoms with Gasteiger partial charge in [0.15, 0.2) is 0 Å². The molecule has 1 heterocycles. The third-order valence-corrected chi connectivity index (χ3v) is 10.1. The minimum absolute atomic E-state index is 0.912. The summed E-state index contributed by atoms with van der Waals surface area (Å²) in [5, 5.41) is 9.80. The van der Waals surface area contributed by atoms with E-state index in [4.69, 9.17) is 4.42 Å². The summed E-state index contributed by atoms with van der Waals surface area (Å²) in [5.74, 6) is 0. The van der Waals surface area contributed by atoms with Crippen molar-refractivity contribution >= 4 is 54.3 Å². The van der Waals surface area contributed by atoms with Crippen molar-refractivity contribution in [1.82, 2.24) is 0 Å². The van der Waals surface area contributed by atoms with Crippen LogP contribution in [0.25, 0.3) is 98.8 Å². The van der Waals surface area contributed by atoms with Crippen molar-refractivity contribution in [2.75, 3.05) is 0 Å². The molecule has 0 aliphatic carbocycles. The minimum atomic E-state index is 0.912. The van der Waals surface area contributed by atoms with Crippen molar-refractivity contribution in [2.45, 2.75) is 0 Å². The van der Waals surface area contributed by atoms with Crippen LogP contribution in [-0.2, 0) is 0 Å². The lowest BCUT2D eigenvalue weighted by atomic mass is 9.84.